The second kappa shape index (κ2) is 6.23. The molecule has 1 N–H and O–H groups in total. The van der Waals surface area contributed by atoms with Crippen LogP contribution in [-0.4, -0.2) is 12.1 Å². The summed E-state index contributed by atoms with van der Waals surface area (Å²) in [5.41, 5.74) is 2.38. The Kier molecular flexibility index (Phi) is 3.97. The Hall–Kier alpha value is -3.28. The molecule has 0 saturated heterocycles. The van der Waals surface area contributed by atoms with Crippen molar-refractivity contribution in [2.75, 3.05) is 0 Å². The monoisotopic (exact) mass is 310 g/mol. The number of hydrazone groups is 1. The molecule has 3 aromatic rings. The Labute approximate surface area is 130 Å². The summed E-state index contributed by atoms with van der Waals surface area (Å²) in [6.45, 7) is 0. The van der Waals surface area contributed by atoms with Crippen molar-refractivity contribution in [1.29, 1.82) is 0 Å². The molecule has 23 heavy (non-hydrogen) atoms. The van der Waals surface area contributed by atoms with Crippen LogP contribution in [-0.2, 0) is 0 Å². The zero-order chi connectivity index (χ0) is 16.2. The molecule has 2 aromatic carbocycles. The number of carbonyl (C=O) groups excluding carboxylic acids is 1. The van der Waals surface area contributed by atoms with Crippen LogP contribution in [0.25, 0.3) is 11.0 Å². The van der Waals surface area contributed by atoms with Gasteiger partial charge in [-0.15, -0.1) is 0 Å². The molecular formula is C17H11FN2O3. The fourth-order valence-corrected chi connectivity index (χ4v) is 1.99. The first-order valence-electron chi connectivity index (χ1n) is 6.75. The van der Waals surface area contributed by atoms with Crippen LogP contribution in [0.5, 0.6) is 0 Å². The van der Waals surface area contributed by atoms with Crippen molar-refractivity contribution in [3.05, 3.63) is 82.0 Å². The quantitative estimate of drug-likeness (QED) is 0.459. The maximum absolute atomic E-state index is 12.8. The molecule has 0 aliphatic heterocycles. The minimum Gasteiger partial charge on any atom is -0.422 e. The molecule has 0 spiro atoms. The number of carbonyl (C=O) groups is 1. The van der Waals surface area contributed by atoms with Crippen LogP contribution in [0.3, 0.4) is 0 Å². The first kappa shape index (κ1) is 14.6. The van der Waals surface area contributed by atoms with Gasteiger partial charge in [-0.3, -0.25) is 4.79 Å². The number of halogens is 1. The summed E-state index contributed by atoms with van der Waals surface area (Å²) in [4.78, 5) is 23.8. The summed E-state index contributed by atoms with van der Waals surface area (Å²) in [5.74, 6) is -1.04. The number of rotatable bonds is 3. The van der Waals surface area contributed by atoms with Crippen molar-refractivity contribution in [2.24, 2.45) is 5.10 Å². The Balaban J connectivity index is 1.79. The van der Waals surface area contributed by atoms with E-state index in [0.29, 0.717) is 16.5 Å². The molecule has 0 atom stereocenters. The SMILES string of the molecule is O=C(N/N=C/c1ccc(F)cc1)c1cc2ccccc2oc1=O. The lowest BCUT2D eigenvalue weighted by atomic mass is 10.2. The van der Waals surface area contributed by atoms with E-state index in [1.807, 2.05) is 0 Å². The van der Waals surface area contributed by atoms with Crippen LogP contribution >= 0.6 is 0 Å². The third-order valence-corrected chi connectivity index (χ3v) is 3.14. The fraction of sp³-hybridized carbons (Fsp3) is 0. The summed E-state index contributed by atoms with van der Waals surface area (Å²) in [7, 11) is 0. The maximum Gasteiger partial charge on any atom is 0.349 e. The smallest absolute Gasteiger partial charge is 0.349 e. The minimum absolute atomic E-state index is 0.139. The second-order valence-electron chi connectivity index (χ2n) is 4.74. The molecule has 3 rings (SSSR count). The first-order valence-corrected chi connectivity index (χ1v) is 6.75. The predicted octanol–water partition coefficient (Wildman–Crippen LogP) is 2.70. The van der Waals surface area contributed by atoms with Crippen LogP contribution in [0, 0.1) is 5.82 Å². The molecular weight excluding hydrogens is 299 g/mol. The number of fused-ring (bicyclic) bond motifs is 1. The highest BCUT2D eigenvalue weighted by atomic mass is 19.1. The molecule has 0 saturated carbocycles. The highest BCUT2D eigenvalue weighted by Gasteiger charge is 2.12. The lowest BCUT2D eigenvalue weighted by molar-refractivity contribution is 0.0951. The highest BCUT2D eigenvalue weighted by molar-refractivity contribution is 5.97. The molecule has 0 unspecified atom stereocenters. The zero-order valence-corrected chi connectivity index (χ0v) is 11.8. The van der Waals surface area contributed by atoms with E-state index < -0.39 is 11.5 Å². The number of nitrogens with zero attached hydrogens (tertiary/aromatic N) is 1. The van der Waals surface area contributed by atoms with Gasteiger partial charge >= 0.3 is 5.63 Å². The molecule has 0 aliphatic rings. The van der Waals surface area contributed by atoms with Gasteiger partial charge in [0.2, 0.25) is 0 Å². The van der Waals surface area contributed by atoms with E-state index in [2.05, 4.69) is 10.5 Å². The molecule has 0 bridgehead atoms. The van der Waals surface area contributed by atoms with Gasteiger partial charge in [0.05, 0.1) is 6.21 Å². The van der Waals surface area contributed by atoms with Gasteiger partial charge in [0, 0.05) is 5.39 Å². The third-order valence-electron chi connectivity index (χ3n) is 3.14. The maximum atomic E-state index is 12.8. The number of benzene rings is 2. The number of hydrogen-bond donors (Lipinski definition) is 1. The largest absolute Gasteiger partial charge is 0.422 e. The fourth-order valence-electron chi connectivity index (χ4n) is 1.99. The molecule has 5 nitrogen and oxygen atoms in total. The van der Waals surface area contributed by atoms with Crippen molar-refractivity contribution >= 4 is 23.1 Å². The predicted molar refractivity (Wildman–Crippen MR) is 83.9 cm³/mol. The van der Waals surface area contributed by atoms with Crippen molar-refractivity contribution < 1.29 is 13.6 Å². The van der Waals surface area contributed by atoms with E-state index in [4.69, 9.17) is 4.42 Å². The molecule has 1 heterocycles. The Morgan fingerprint density at radius 1 is 1.13 bits per heavy atom. The van der Waals surface area contributed by atoms with Gasteiger partial charge in [0.25, 0.3) is 5.91 Å². The highest BCUT2D eigenvalue weighted by Crippen LogP contribution is 2.12. The zero-order valence-electron chi connectivity index (χ0n) is 11.8. The molecule has 0 fully saturated rings. The molecule has 1 amide bonds. The Bertz CT molecular complexity index is 946. The van der Waals surface area contributed by atoms with Crippen molar-refractivity contribution in [3.63, 3.8) is 0 Å². The topological polar surface area (TPSA) is 71.7 Å². The number of hydrogen-bond acceptors (Lipinski definition) is 4. The van der Waals surface area contributed by atoms with Gasteiger partial charge in [-0.05, 0) is 29.8 Å². The lowest BCUT2D eigenvalue weighted by Crippen LogP contribution is -2.24. The second-order valence-corrected chi connectivity index (χ2v) is 4.74. The number of para-hydroxylation sites is 1. The van der Waals surface area contributed by atoms with E-state index in [1.54, 1.807) is 24.3 Å². The summed E-state index contributed by atoms with van der Waals surface area (Å²) < 4.78 is 17.9. The van der Waals surface area contributed by atoms with Crippen LogP contribution in [0.1, 0.15) is 15.9 Å². The lowest BCUT2D eigenvalue weighted by Gasteiger charge is -2.01. The van der Waals surface area contributed by atoms with E-state index in [-0.39, 0.29) is 11.4 Å². The van der Waals surface area contributed by atoms with Gasteiger partial charge in [0.15, 0.2) is 0 Å². The Morgan fingerprint density at radius 3 is 2.65 bits per heavy atom. The minimum atomic E-state index is -0.738. The normalized spacial score (nSPS) is 11.0. The average Bonchev–Trinajstić information content (AvgIpc) is 2.56. The van der Waals surface area contributed by atoms with Crippen molar-refractivity contribution in [1.82, 2.24) is 5.43 Å². The van der Waals surface area contributed by atoms with Gasteiger partial charge in [0.1, 0.15) is 17.0 Å². The summed E-state index contributed by atoms with van der Waals surface area (Å²) in [5, 5.41) is 4.38. The van der Waals surface area contributed by atoms with E-state index in [1.165, 1.54) is 36.5 Å². The van der Waals surface area contributed by atoms with Crippen LogP contribution in [0.15, 0.2) is 68.9 Å². The van der Waals surface area contributed by atoms with E-state index in [9.17, 15) is 14.0 Å². The van der Waals surface area contributed by atoms with Crippen LogP contribution in [0.4, 0.5) is 4.39 Å². The van der Waals surface area contributed by atoms with Crippen LogP contribution in [0.2, 0.25) is 0 Å². The van der Waals surface area contributed by atoms with Crippen molar-refractivity contribution in [3.8, 4) is 0 Å². The molecule has 0 aliphatic carbocycles. The first-order chi connectivity index (χ1) is 11.1. The number of nitrogens with one attached hydrogen (secondary N) is 1. The van der Waals surface area contributed by atoms with Crippen molar-refractivity contribution in [2.45, 2.75) is 0 Å². The summed E-state index contributed by atoms with van der Waals surface area (Å²) in [6.07, 6.45) is 1.35. The van der Waals surface area contributed by atoms with Gasteiger partial charge in [-0.25, -0.2) is 14.6 Å². The molecule has 6 heteroatoms. The standard InChI is InChI=1S/C17H11FN2O3/c18-13-7-5-11(6-8-13)10-19-20-16(21)14-9-12-3-1-2-4-15(12)23-17(14)22/h1-10H,(H,20,21)/b19-10+. The summed E-state index contributed by atoms with van der Waals surface area (Å²) in [6, 6.07) is 13.9. The third kappa shape index (κ3) is 3.32. The molecule has 114 valence electrons. The van der Waals surface area contributed by atoms with E-state index >= 15 is 0 Å². The Morgan fingerprint density at radius 2 is 1.87 bits per heavy atom. The van der Waals surface area contributed by atoms with Crippen LogP contribution < -0.4 is 11.1 Å². The average molecular weight is 310 g/mol. The van der Waals surface area contributed by atoms with E-state index in [0.717, 1.165) is 0 Å². The molecule has 0 radical (unpaired) electrons. The van der Waals surface area contributed by atoms with Gasteiger partial charge in [-0.1, -0.05) is 30.3 Å². The molecule has 1 aromatic heterocycles. The number of amides is 1. The van der Waals surface area contributed by atoms with Gasteiger partial charge in [-0.2, -0.15) is 5.10 Å². The van der Waals surface area contributed by atoms with Gasteiger partial charge < -0.3 is 4.42 Å². The summed E-state index contributed by atoms with van der Waals surface area (Å²) >= 11 is 0.